The van der Waals surface area contributed by atoms with Crippen molar-refractivity contribution >= 4 is 11.8 Å². The minimum Gasteiger partial charge on any atom is -0.497 e. The van der Waals surface area contributed by atoms with Crippen LogP contribution < -0.4 is 19.5 Å². The minimum atomic E-state index is -0.539. The third-order valence-corrected chi connectivity index (χ3v) is 5.48. The fourth-order valence-electron chi connectivity index (χ4n) is 3.74. The number of aromatic nitrogens is 1. The number of rotatable bonds is 3. The molecule has 29 heavy (non-hydrogen) atoms. The number of carbonyl (C=O) groups excluding carboxylic acids is 2. The van der Waals surface area contributed by atoms with E-state index in [1.807, 2.05) is 0 Å². The first-order valence-corrected chi connectivity index (χ1v) is 9.48. The van der Waals surface area contributed by atoms with Gasteiger partial charge in [0, 0.05) is 43.8 Å². The van der Waals surface area contributed by atoms with Crippen LogP contribution in [0.1, 0.15) is 33.6 Å². The van der Waals surface area contributed by atoms with Crippen molar-refractivity contribution < 1.29 is 23.8 Å². The molecule has 0 unspecified atom stereocenters. The maximum absolute atomic E-state index is 12.8. The third kappa shape index (κ3) is 3.70. The van der Waals surface area contributed by atoms with Crippen LogP contribution >= 0.6 is 0 Å². The zero-order valence-corrected chi connectivity index (χ0v) is 16.4. The van der Waals surface area contributed by atoms with Gasteiger partial charge in [0.2, 0.25) is 5.88 Å². The van der Waals surface area contributed by atoms with E-state index < -0.39 is 5.60 Å². The van der Waals surface area contributed by atoms with Gasteiger partial charge in [0.1, 0.15) is 17.1 Å². The summed E-state index contributed by atoms with van der Waals surface area (Å²) in [5.74, 6) is 1.30. The predicted molar refractivity (Wildman–Crippen MR) is 105 cm³/mol. The second-order valence-corrected chi connectivity index (χ2v) is 7.21. The molecule has 8 heteroatoms. The molecule has 3 heterocycles. The Labute approximate surface area is 168 Å². The number of nitrogens with zero attached hydrogens (tertiary/aromatic N) is 2. The highest BCUT2D eigenvalue weighted by atomic mass is 16.5. The number of fused-ring (bicyclic) bond motifs is 1. The molecular formula is C21H23N3O5. The summed E-state index contributed by atoms with van der Waals surface area (Å²) in [5.41, 5.74) is 0.464. The van der Waals surface area contributed by atoms with Crippen molar-refractivity contribution in [1.82, 2.24) is 15.2 Å². The van der Waals surface area contributed by atoms with Crippen molar-refractivity contribution in [3.05, 3.63) is 47.7 Å². The van der Waals surface area contributed by atoms with Crippen LogP contribution in [-0.2, 0) is 0 Å². The average Bonchev–Trinajstić information content (AvgIpc) is 2.90. The number of benzene rings is 1. The first-order chi connectivity index (χ1) is 14.0. The van der Waals surface area contributed by atoms with Crippen LogP contribution in [0.4, 0.5) is 0 Å². The molecule has 1 saturated heterocycles. The Kier molecular flexibility index (Phi) is 5.00. The van der Waals surface area contributed by atoms with Crippen molar-refractivity contribution in [1.29, 1.82) is 0 Å². The molecule has 1 aromatic heterocycles. The molecule has 0 aliphatic carbocycles. The SMILES string of the molecule is COc1ccc2c(c1)C(=O)NCC1(CCN(C(=O)c3ccnc(OC)c3)CC1)O2. The first-order valence-electron chi connectivity index (χ1n) is 9.48. The summed E-state index contributed by atoms with van der Waals surface area (Å²) in [7, 11) is 3.08. The van der Waals surface area contributed by atoms with Crippen LogP contribution in [0.5, 0.6) is 17.4 Å². The molecule has 0 saturated carbocycles. The van der Waals surface area contributed by atoms with E-state index in [1.54, 1.807) is 48.5 Å². The molecule has 0 bridgehead atoms. The van der Waals surface area contributed by atoms with Gasteiger partial charge in [-0.3, -0.25) is 9.59 Å². The van der Waals surface area contributed by atoms with Crippen LogP contribution in [0.2, 0.25) is 0 Å². The van der Waals surface area contributed by atoms with E-state index in [0.717, 1.165) is 0 Å². The van der Waals surface area contributed by atoms with E-state index in [-0.39, 0.29) is 11.8 Å². The van der Waals surface area contributed by atoms with Crippen LogP contribution in [0.25, 0.3) is 0 Å². The number of ether oxygens (including phenoxy) is 3. The first kappa shape index (κ1) is 19.0. The normalized spacial score (nSPS) is 17.6. The van der Waals surface area contributed by atoms with E-state index in [2.05, 4.69) is 10.3 Å². The monoisotopic (exact) mass is 397 g/mol. The lowest BCUT2D eigenvalue weighted by molar-refractivity contribution is 0.00767. The summed E-state index contributed by atoms with van der Waals surface area (Å²) in [6.45, 7) is 1.46. The zero-order valence-electron chi connectivity index (χ0n) is 16.4. The Morgan fingerprint density at radius 3 is 2.69 bits per heavy atom. The second-order valence-electron chi connectivity index (χ2n) is 7.21. The van der Waals surface area contributed by atoms with Crippen molar-refractivity contribution in [2.45, 2.75) is 18.4 Å². The third-order valence-electron chi connectivity index (χ3n) is 5.48. The van der Waals surface area contributed by atoms with E-state index in [0.29, 0.717) is 61.0 Å². The number of hydrogen-bond donors (Lipinski definition) is 1. The number of nitrogens with one attached hydrogen (secondary N) is 1. The van der Waals surface area contributed by atoms with Gasteiger partial charge < -0.3 is 24.4 Å². The van der Waals surface area contributed by atoms with Crippen LogP contribution in [0.15, 0.2) is 36.5 Å². The van der Waals surface area contributed by atoms with E-state index in [1.165, 1.54) is 7.11 Å². The van der Waals surface area contributed by atoms with Crippen molar-refractivity contribution in [2.75, 3.05) is 33.9 Å². The summed E-state index contributed by atoms with van der Waals surface area (Å²) in [4.78, 5) is 31.2. The van der Waals surface area contributed by atoms with Crippen molar-refractivity contribution in [3.63, 3.8) is 0 Å². The number of hydrogen-bond acceptors (Lipinski definition) is 6. The Balaban J connectivity index is 1.49. The van der Waals surface area contributed by atoms with Crippen molar-refractivity contribution in [2.24, 2.45) is 0 Å². The number of pyridine rings is 1. The van der Waals surface area contributed by atoms with Gasteiger partial charge in [-0.25, -0.2) is 4.98 Å². The Hall–Kier alpha value is -3.29. The Morgan fingerprint density at radius 1 is 1.17 bits per heavy atom. The summed E-state index contributed by atoms with van der Waals surface area (Å²) in [5, 5.41) is 2.96. The highest BCUT2D eigenvalue weighted by molar-refractivity contribution is 5.98. The minimum absolute atomic E-state index is 0.0663. The van der Waals surface area contributed by atoms with Crippen LogP contribution in [0, 0.1) is 0 Å². The second kappa shape index (κ2) is 7.62. The quantitative estimate of drug-likeness (QED) is 0.851. The fraction of sp³-hybridized carbons (Fsp3) is 0.381. The van der Waals surface area contributed by atoms with E-state index in [9.17, 15) is 9.59 Å². The predicted octanol–water partition coefficient (Wildman–Crippen LogP) is 1.90. The maximum atomic E-state index is 12.8. The number of carbonyl (C=O) groups is 2. The van der Waals surface area contributed by atoms with Gasteiger partial charge in [-0.15, -0.1) is 0 Å². The molecule has 2 amide bonds. The number of likely N-dealkylation sites (tertiary alicyclic amines) is 1. The van der Waals surface area contributed by atoms with Gasteiger partial charge in [-0.2, -0.15) is 0 Å². The molecule has 1 aromatic carbocycles. The number of methoxy groups -OCH3 is 2. The average molecular weight is 397 g/mol. The number of amides is 2. The van der Waals surface area contributed by atoms with Crippen molar-refractivity contribution in [3.8, 4) is 17.4 Å². The van der Waals surface area contributed by atoms with Gasteiger partial charge in [0.05, 0.1) is 26.3 Å². The maximum Gasteiger partial charge on any atom is 0.255 e. The standard InChI is InChI=1S/C21H23N3O5/c1-27-15-3-4-17-16(12-15)19(25)23-13-21(29-17)6-9-24(10-7-21)20(26)14-5-8-22-18(11-14)28-2/h3-5,8,11-12H,6-7,9-10,13H2,1-2H3,(H,23,25). The summed E-state index contributed by atoms with van der Waals surface area (Å²) < 4.78 is 16.6. The molecule has 1 fully saturated rings. The van der Waals surface area contributed by atoms with E-state index >= 15 is 0 Å². The topological polar surface area (TPSA) is 90.0 Å². The molecule has 8 nitrogen and oxygen atoms in total. The molecule has 2 aliphatic heterocycles. The molecule has 0 atom stereocenters. The number of piperidine rings is 1. The molecule has 2 aliphatic rings. The highest BCUT2D eigenvalue weighted by Crippen LogP contribution is 2.35. The molecule has 2 aromatic rings. The molecule has 1 spiro atoms. The summed E-state index contributed by atoms with van der Waals surface area (Å²) in [6.07, 6.45) is 2.80. The zero-order chi connectivity index (χ0) is 20.4. The fourth-order valence-corrected chi connectivity index (χ4v) is 3.74. The molecular weight excluding hydrogens is 374 g/mol. The highest BCUT2D eigenvalue weighted by Gasteiger charge is 2.41. The molecule has 0 radical (unpaired) electrons. The summed E-state index contributed by atoms with van der Waals surface area (Å²) >= 11 is 0. The van der Waals surface area contributed by atoms with Gasteiger partial charge in [-0.1, -0.05) is 0 Å². The lowest BCUT2D eigenvalue weighted by Gasteiger charge is -2.41. The lowest BCUT2D eigenvalue weighted by atomic mass is 9.90. The largest absolute Gasteiger partial charge is 0.497 e. The van der Waals surface area contributed by atoms with Crippen LogP contribution in [-0.4, -0.2) is 61.2 Å². The van der Waals surface area contributed by atoms with Gasteiger partial charge in [-0.05, 0) is 24.3 Å². The Morgan fingerprint density at radius 2 is 1.97 bits per heavy atom. The van der Waals surface area contributed by atoms with Gasteiger partial charge in [0.15, 0.2) is 0 Å². The molecule has 1 N–H and O–H groups in total. The van der Waals surface area contributed by atoms with Gasteiger partial charge >= 0.3 is 0 Å². The lowest BCUT2D eigenvalue weighted by Crippen LogP contribution is -2.54. The van der Waals surface area contributed by atoms with Gasteiger partial charge in [0.25, 0.3) is 11.8 Å². The van der Waals surface area contributed by atoms with E-state index in [4.69, 9.17) is 14.2 Å². The summed E-state index contributed by atoms with van der Waals surface area (Å²) in [6, 6.07) is 8.54. The molecule has 4 rings (SSSR count). The van der Waals surface area contributed by atoms with Crippen LogP contribution in [0.3, 0.4) is 0 Å². The smallest absolute Gasteiger partial charge is 0.255 e. The molecule has 152 valence electrons. The Bertz CT molecular complexity index is 938.